The number of carbonyl (C=O) groups excluding carboxylic acids is 4. The number of allylic oxidation sites excluding steroid dienone is 8. The average Bonchev–Trinajstić information content (AvgIpc) is 0.804. The second kappa shape index (κ2) is 65.7. The van der Waals surface area contributed by atoms with E-state index in [1.54, 1.807) is 0 Å². The van der Waals surface area contributed by atoms with Crippen molar-refractivity contribution in [3.05, 3.63) is 107 Å². The van der Waals surface area contributed by atoms with Gasteiger partial charge < -0.3 is 28.1 Å². The van der Waals surface area contributed by atoms with Crippen LogP contribution in [0.2, 0.25) is 0 Å². The molecular weight excluding hydrogens is 1290 g/mol. The van der Waals surface area contributed by atoms with Crippen LogP contribution in [0.3, 0.4) is 0 Å². The van der Waals surface area contributed by atoms with Gasteiger partial charge in [-0.2, -0.15) is 0 Å². The molecule has 17 heteroatoms. The van der Waals surface area contributed by atoms with Crippen molar-refractivity contribution in [3.8, 4) is 0 Å². The topological polar surface area (TPSA) is 220 Å². The van der Waals surface area contributed by atoms with Gasteiger partial charge in [0.05, 0.1) is 58.5 Å². The van der Waals surface area contributed by atoms with Crippen molar-refractivity contribution in [3.63, 3.8) is 0 Å². The number of rotatable bonds is 62. The minimum absolute atomic E-state index is 0. The van der Waals surface area contributed by atoms with Gasteiger partial charge in [-0.1, -0.05) is 268 Å². The Hall–Kier alpha value is -3.64. The number of ether oxygens (including phenoxy) is 4. The van der Waals surface area contributed by atoms with Crippen molar-refractivity contribution in [1.29, 1.82) is 0 Å². The summed E-state index contributed by atoms with van der Waals surface area (Å²) >= 11 is 0. The monoisotopic (exact) mass is 1420 g/mol. The zero-order valence-corrected chi connectivity index (χ0v) is 64.9. The smallest absolute Gasteiger partial charge is 0.744 e. The molecule has 0 unspecified atom stereocenters. The van der Waals surface area contributed by atoms with Gasteiger partial charge in [0.1, 0.15) is 20.2 Å². The second-order valence-electron chi connectivity index (χ2n) is 25.7. The van der Waals surface area contributed by atoms with Gasteiger partial charge in [0, 0.05) is 0 Å². The summed E-state index contributed by atoms with van der Waals surface area (Å²) in [6.45, 7) is 9.35. The summed E-state index contributed by atoms with van der Waals surface area (Å²) < 4.78 is 93.0. The molecule has 0 spiro atoms. The molecule has 0 fully saturated rings. The standard InChI is InChI=1S/2C40H66O7S.Ca/c2*1-3-5-7-9-11-13-15-17-19-21-23-25-27-29-34-46-39(41)36-32-31-33-37(48(43,44)45)38(36)40(42)47-35-30-28-26-24-22-20-18-16-14-12-10-8-6-4-2;/h2*11-14,31-33H,3-10,15-30,34-35H2,1-2H3,(H,43,44,45);/q;;+2/p-2/b2*13-11+,14-12+;. The second-order valence-corrected chi connectivity index (χ2v) is 28.4. The van der Waals surface area contributed by atoms with Gasteiger partial charge in [0.15, 0.2) is 0 Å². The van der Waals surface area contributed by atoms with Crippen LogP contribution in [-0.2, 0) is 39.2 Å². The van der Waals surface area contributed by atoms with E-state index in [0.29, 0.717) is 25.7 Å². The molecule has 2 aromatic carbocycles. The summed E-state index contributed by atoms with van der Waals surface area (Å²) in [4.78, 5) is 50.1. The minimum Gasteiger partial charge on any atom is -0.744 e. The van der Waals surface area contributed by atoms with Crippen molar-refractivity contribution in [2.24, 2.45) is 0 Å². The molecule has 14 nitrogen and oxygen atoms in total. The first-order chi connectivity index (χ1) is 46.6. The average molecular weight is 1420 g/mol. The zero-order valence-electron chi connectivity index (χ0n) is 61.1. The molecule has 0 atom stereocenters. The maximum absolute atomic E-state index is 12.9. The fourth-order valence-corrected chi connectivity index (χ4v) is 12.6. The molecule has 0 heterocycles. The third-order valence-corrected chi connectivity index (χ3v) is 18.8. The molecule has 0 saturated heterocycles. The van der Waals surface area contributed by atoms with Crippen LogP contribution >= 0.6 is 0 Å². The summed E-state index contributed by atoms with van der Waals surface area (Å²) in [6, 6.07) is 7.20. The van der Waals surface area contributed by atoms with E-state index in [4.69, 9.17) is 18.9 Å². The van der Waals surface area contributed by atoms with Gasteiger partial charge in [-0.3, -0.25) is 0 Å². The molecule has 0 aliphatic heterocycles. The van der Waals surface area contributed by atoms with Crippen LogP contribution in [0.15, 0.2) is 94.8 Å². The predicted octanol–water partition coefficient (Wildman–Crippen LogP) is 22.5. The van der Waals surface area contributed by atoms with Crippen molar-refractivity contribution in [2.45, 2.75) is 346 Å². The molecular formula is C80H130CaO14S2. The first kappa shape index (κ1) is 93.4. The van der Waals surface area contributed by atoms with Gasteiger partial charge in [0.25, 0.3) is 0 Å². The Balaban J connectivity index is 0.00000188. The number of esters is 4. The van der Waals surface area contributed by atoms with Gasteiger partial charge in [-0.25, -0.2) is 36.0 Å². The number of carbonyl (C=O) groups is 4. The van der Waals surface area contributed by atoms with E-state index < -0.39 is 65.0 Å². The zero-order chi connectivity index (χ0) is 70.3. The third-order valence-electron chi connectivity index (χ3n) is 17.0. The van der Waals surface area contributed by atoms with Crippen LogP contribution in [0, 0.1) is 0 Å². The Labute approximate surface area is 620 Å². The summed E-state index contributed by atoms with van der Waals surface area (Å²) in [6.07, 6.45) is 72.1. The minimum atomic E-state index is -5.01. The number of benzene rings is 2. The fourth-order valence-electron chi connectivity index (χ4n) is 11.2. The van der Waals surface area contributed by atoms with Gasteiger partial charge in [-0.05, 0) is 153 Å². The van der Waals surface area contributed by atoms with Crippen LogP contribution in [0.4, 0.5) is 0 Å². The molecule has 0 bridgehead atoms. The van der Waals surface area contributed by atoms with Gasteiger partial charge >= 0.3 is 61.6 Å². The van der Waals surface area contributed by atoms with Gasteiger partial charge in [0.2, 0.25) is 0 Å². The maximum Gasteiger partial charge on any atom is 2.00 e. The van der Waals surface area contributed by atoms with Crippen LogP contribution < -0.4 is 0 Å². The SMILES string of the molecule is CCCCC/C=C/CCCCCCCCCOC(=O)c1cccc(S(=O)(=O)[O-])c1C(=O)OCCCCCCCCC/C=C/CCCCC.CCCCC/C=C/CCCCCCCCCOC(=O)c1cccc(S(=O)(=O)[O-])c1C(=O)OCCCCCCCCC/C=C/CCCCC.[Ca+2]. The Morgan fingerprint density at radius 2 is 0.474 bits per heavy atom. The number of hydrogen-bond acceptors (Lipinski definition) is 14. The van der Waals surface area contributed by atoms with E-state index in [9.17, 15) is 45.1 Å². The molecule has 0 N–H and O–H groups in total. The van der Waals surface area contributed by atoms with Gasteiger partial charge in [-0.15, -0.1) is 0 Å². The van der Waals surface area contributed by atoms with Crippen molar-refractivity contribution < 1.29 is 64.1 Å². The molecule has 0 aliphatic carbocycles. The van der Waals surface area contributed by atoms with Crippen molar-refractivity contribution in [2.75, 3.05) is 26.4 Å². The number of hydrogen-bond donors (Lipinski definition) is 0. The Morgan fingerprint density at radius 3 is 0.680 bits per heavy atom. The predicted molar refractivity (Wildman–Crippen MR) is 397 cm³/mol. The van der Waals surface area contributed by atoms with Crippen LogP contribution in [-0.4, -0.2) is 114 Å². The van der Waals surface area contributed by atoms with E-state index in [2.05, 4.69) is 76.3 Å². The summed E-state index contributed by atoms with van der Waals surface area (Å²) in [5.74, 6) is -3.65. The summed E-state index contributed by atoms with van der Waals surface area (Å²) in [5, 5.41) is 0. The molecule has 2 aromatic rings. The number of unbranched alkanes of at least 4 members (excludes halogenated alkanes) is 40. The van der Waals surface area contributed by atoms with Crippen LogP contribution in [0.25, 0.3) is 0 Å². The first-order valence-corrected chi connectivity index (χ1v) is 40.9. The molecule has 548 valence electrons. The van der Waals surface area contributed by atoms with E-state index in [0.717, 1.165) is 115 Å². The normalized spacial score (nSPS) is 11.8. The van der Waals surface area contributed by atoms with E-state index in [1.165, 1.54) is 204 Å². The molecule has 0 saturated carbocycles. The Bertz CT molecular complexity index is 2470. The van der Waals surface area contributed by atoms with Crippen LogP contribution in [0.5, 0.6) is 0 Å². The molecule has 97 heavy (non-hydrogen) atoms. The van der Waals surface area contributed by atoms with Crippen molar-refractivity contribution >= 4 is 81.9 Å². The quantitative estimate of drug-likeness (QED) is 0.0150. The first-order valence-electron chi connectivity index (χ1n) is 38.1. The van der Waals surface area contributed by atoms with Crippen molar-refractivity contribution in [1.82, 2.24) is 0 Å². The molecule has 2 rings (SSSR count). The summed E-state index contributed by atoms with van der Waals surface area (Å²) in [5.41, 5.74) is -1.58. The van der Waals surface area contributed by atoms with Crippen LogP contribution in [0.1, 0.15) is 377 Å². The van der Waals surface area contributed by atoms with E-state index in [1.807, 2.05) is 0 Å². The third kappa shape index (κ3) is 52.1. The largest absolute Gasteiger partial charge is 2.00 e. The van der Waals surface area contributed by atoms with E-state index >= 15 is 0 Å². The molecule has 0 radical (unpaired) electrons. The maximum atomic E-state index is 12.9. The Morgan fingerprint density at radius 1 is 0.289 bits per heavy atom. The fraction of sp³-hybridized carbons (Fsp3) is 0.700. The summed E-state index contributed by atoms with van der Waals surface area (Å²) in [7, 11) is -10.0. The Kier molecular flexibility index (Phi) is 63.2. The molecule has 0 aliphatic rings. The molecule has 0 aromatic heterocycles. The molecule has 0 amide bonds. The van der Waals surface area contributed by atoms with E-state index in [-0.39, 0.29) is 75.3 Å².